The largest absolute Gasteiger partial charge is 0.300 e. The third kappa shape index (κ3) is 2.49. The van der Waals surface area contributed by atoms with Crippen LogP contribution in [-0.4, -0.2) is 18.1 Å². The molecule has 0 saturated heterocycles. The summed E-state index contributed by atoms with van der Waals surface area (Å²) in [5, 5.41) is 8.90. The molecule has 2 aromatic carbocycles. The molecule has 1 N–H and O–H groups in total. The fourth-order valence-corrected chi connectivity index (χ4v) is 3.87. The molecule has 116 valence electrons. The second-order valence-corrected chi connectivity index (χ2v) is 7.14. The summed E-state index contributed by atoms with van der Waals surface area (Å²) in [5.74, 6) is 0. The van der Waals surface area contributed by atoms with Crippen molar-refractivity contribution in [2.45, 2.75) is 11.8 Å². The van der Waals surface area contributed by atoms with Gasteiger partial charge in [-0.3, -0.25) is 5.41 Å². The molecule has 0 bridgehead atoms. The highest BCUT2D eigenvalue weighted by Crippen LogP contribution is 2.27. The maximum Gasteiger partial charge on any atom is 0.268 e. The number of allylic oxidation sites excluding steroid dienone is 1. The van der Waals surface area contributed by atoms with Gasteiger partial charge in [0.25, 0.3) is 10.0 Å². The van der Waals surface area contributed by atoms with Crippen LogP contribution in [0.3, 0.4) is 0 Å². The molecule has 3 rings (SSSR count). The first-order valence-corrected chi connectivity index (χ1v) is 8.52. The molecular formula is C18H16N2O2S. The van der Waals surface area contributed by atoms with Crippen LogP contribution in [0.4, 0.5) is 0 Å². The second-order valence-electron chi connectivity index (χ2n) is 5.33. The highest BCUT2D eigenvalue weighted by Gasteiger charge is 2.22. The van der Waals surface area contributed by atoms with Gasteiger partial charge in [0, 0.05) is 17.1 Å². The fraction of sp³-hybridized carbons (Fsp3) is 0.0556. The molecule has 0 saturated carbocycles. The minimum atomic E-state index is -3.71. The molecule has 0 atom stereocenters. The van der Waals surface area contributed by atoms with Gasteiger partial charge in [-0.1, -0.05) is 43.0 Å². The number of benzene rings is 2. The Balaban J connectivity index is 2.32. The van der Waals surface area contributed by atoms with Crippen LogP contribution in [0.5, 0.6) is 0 Å². The van der Waals surface area contributed by atoms with E-state index in [4.69, 9.17) is 5.41 Å². The first-order chi connectivity index (χ1) is 10.9. The predicted molar refractivity (Wildman–Crippen MR) is 92.6 cm³/mol. The summed E-state index contributed by atoms with van der Waals surface area (Å²) < 4.78 is 27.1. The van der Waals surface area contributed by atoms with Crippen molar-refractivity contribution in [2.24, 2.45) is 0 Å². The van der Waals surface area contributed by atoms with Crippen LogP contribution in [0.1, 0.15) is 12.5 Å². The van der Waals surface area contributed by atoms with E-state index in [0.29, 0.717) is 16.7 Å². The highest BCUT2D eigenvalue weighted by atomic mass is 32.2. The second kappa shape index (κ2) is 5.52. The molecule has 0 unspecified atom stereocenters. The zero-order chi connectivity index (χ0) is 16.6. The first kappa shape index (κ1) is 15.2. The number of hydrogen-bond acceptors (Lipinski definition) is 3. The van der Waals surface area contributed by atoms with Crippen LogP contribution in [0.25, 0.3) is 10.9 Å². The van der Waals surface area contributed by atoms with E-state index < -0.39 is 10.0 Å². The molecule has 0 aliphatic rings. The van der Waals surface area contributed by atoms with Gasteiger partial charge in [-0.05, 0) is 30.7 Å². The molecule has 0 radical (unpaired) electrons. The van der Waals surface area contributed by atoms with Gasteiger partial charge in [-0.2, -0.15) is 0 Å². The maximum atomic E-state index is 12.9. The fourth-order valence-electron chi connectivity index (χ4n) is 2.48. The van der Waals surface area contributed by atoms with E-state index >= 15 is 0 Å². The van der Waals surface area contributed by atoms with Crippen LogP contribution in [0.15, 0.2) is 77.8 Å². The van der Waals surface area contributed by atoms with Crippen molar-refractivity contribution in [1.29, 1.82) is 5.41 Å². The van der Waals surface area contributed by atoms with Crippen molar-refractivity contribution in [3.05, 3.63) is 78.5 Å². The Morgan fingerprint density at radius 1 is 1.04 bits per heavy atom. The summed E-state index contributed by atoms with van der Waals surface area (Å²) in [6, 6.07) is 15.5. The van der Waals surface area contributed by atoms with Gasteiger partial charge in [0.05, 0.1) is 16.1 Å². The van der Waals surface area contributed by atoms with Crippen molar-refractivity contribution in [3.63, 3.8) is 0 Å². The van der Waals surface area contributed by atoms with E-state index in [0.717, 1.165) is 5.39 Å². The Labute approximate surface area is 135 Å². The molecule has 0 aliphatic heterocycles. The standard InChI is InChI=1S/C18H16N2O2S/c1-13(2)18(19)16-12-20(17-11-7-6-10-15(16)17)23(21,22)14-8-4-3-5-9-14/h3-12,19H,1H2,2H3. The molecule has 0 aliphatic carbocycles. The van der Waals surface area contributed by atoms with Crippen molar-refractivity contribution in [3.8, 4) is 0 Å². The Morgan fingerprint density at radius 3 is 2.30 bits per heavy atom. The molecular weight excluding hydrogens is 308 g/mol. The summed E-state index contributed by atoms with van der Waals surface area (Å²) in [6.07, 6.45) is 1.50. The maximum absolute atomic E-state index is 12.9. The summed E-state index contributed by atoms with van der Waals surface area (Å²) in [5.41, 5.74) is 1.94. The molecule has 0 amide bonds. The normalized spacial score (nSPS) is 11.5. The van der Waals surface area contributed by atoms with Gasteiger partial charge >= 0.3 is 0 Å². The van der Waals surface area contributed by atoms with Crippen LogP contribution in [0, 0.1) is 5.41 Å². The molecule has 1 aromatic heterocycles. The number of fused-ring (bicyclic) bond motifs is 1. The number of nitrogens with zero attached hydrogens (tertiary/aromatic N) is 1. The Kier molecular flexibility index (Phi) is 3.66. The van der Waals surface area contributed by atoms with E-state index in [9.17, 15) is 8.42 Å². The van der Waals surface area contributed by atoms with Crippen LogP contribution in [-0.2, 0) is 10.0 Å². The zero-order valence-corrected chi connectivity index (χ0v) is 13.5. The van der Waals surface area contributed by atoms with Gasteiger partial charge in [0.2, 0.25) is 0 Å². The zero-order valence-electron chi connectivity index (χ0n) is 12.7. The van der Waals surface area contributed by atoms with Gasteiger partial charge in [0.1, 0.15) is 0 Å². The van der Waals surface area contributed by atoms with Crippen molar-refractivity contribution in [2.75, 3.05) is 0 Å². The van der Waals surface area contributed by atoms with Crippen molar-refractivity contribution >= 4 is 26.6 Å². The highest BCUT2D eigenvalue weighted by molar-refractivity contribution is 7.90. The molecule has 5 heteroatoms. The van der Waals surface area contributed by atoms with Gasteiger partial charge < -0.3 is 0 Å². The minimum Gasteiger partial charge on any atom is -0.300 e. The lowest BCUT2D eigenvalue weighted by molar-refractivity contribution is 0.589. The summed E-state index contributed by atoms with van der Waals surface area (Å²) in [6.45, 7) is 5.52. The number of rotatable bonds is 4. The van der Waals surface area contributed by atoms with E-state index in [2.05, 4.69) is 6.58 Å². The predicted octanol–water partition coefficient (Wildman–Crippen LogP) is 3.82. The molecule has 0 spiro atoms. The Hall–Kier alpha value is -2.66. The van der Waals surface area contributed by atoms with Crippen molar-refractivity contribution < 1.29 is 8.42 Å². The number of aromatic nitrogens is 1. The lowest BCUT2D eigenvalue weighted by atomic mass is 10.0. The number of nitrogens with one attached hydrogen (secondary N) is 1. The van der Waals surface area contributed by atoms with Crippen molar-refractivity contribution in [1.82, 2.24) is 3.97 Å². The monoisotopic (exact) mass is 324 g/mol. The third-order valence-electron chi connectivity index (χ3n) is 3.67. The molecule has 3 aromatic rings. The van der Waals surface area contributed by atoms with Crippen LogP contribution >= 0.6 is 0 Å². The number of para-hydroxylation sites is 1. The third-order valence-corrected chi connectivity index (χ3v) is 5.36. The Morgan fingerprint density at radius 2 is 1.65 bits per heavy atom. The average molecular weight is 324 g/mol. The van der Waals surface area contributed by atoms with E-state index in [1.54, 1.807) is 49.4 Å². The van der Waals surface area contributed by atoms with E-state index in [1.165, 1.54) is 10.2 Å². The molecule has 0 fully saturated rings. The average Bonchev–Trinajstić information content (AvgIpc) is 2.95. The quantitative estimate of drug-likeness (QED) is 0.742. The lowest BCUT2D eigenvalue weighted by Gasteiger charge is -2.07. The van der Waals surface area contributed by atoms with Gasteiger partial charge in [-0.25, -0.2) is 12.4 Å². The summed E-state index contributed by atoms with van der Waals surface area (Å²) in [7, 11) is -3.71. The smallest absolute Gasteiger partial charge is 0.268 e. The van der Waals surface area contributed by atoms with Crippen LogP contribution in [0.2, 0.25) is 0 Å². The summed E-state index contributed by atoms with van der Waals surface area (Å²) in [4.78, 5) is 0.217. The topological polar surface area (TPSA) is 62.9 Å². The summed E-state index contributed by atoms with van der Waals surface area (Å²) >= 11 is 0. The first-order valence-electron chi connectivity index (χ1n) is 7.08. The van der Waals surface area contributed by atoms with Gasteiger partial charge in [0.15, 0.2) is 0 Å². The van der Waals surface area contributed by atoms with Gasteiger partial charge in [-0.15, -0.1) is 0 Å². The molecule has 1 heterocycles. The van der Waals surface area contributed by atoms with Crippen LogP contribution < -0.4 is 0 Å². The lowest BCUT2D eigenvalue weighted by Crippen LogP contribution is -2.11. The molecule has 4 nitrogen and oxygen atoms in total. The number of hydrogen-bond donors (Lipinski definition) is 1. The van der Waals surface area contributed by atoms with E-state index in [1.807, 2.05) is 12.1 Å². The minimum absolute atomic E-state index is 0.217. The molecule has 23 heavy (non-hydrogen) atoms. The SMILES string of the molecule is C=C(C)C(=N)c1cn(S(=O)(=O)c2ccccc2)c2ccccc12. The van der Waals surface area contributed by atoms with E-state index in [-0.39, 0.29) is 10.6 Å². The Bertz CT molecular complexity index is 1020.